The second-order valence-corrected chi connectivity index (χ2v) is 10.0. The molecule has 8 nitrogen and oxygen atoms in total. The number of nitrogens with zero attached hydrogens (tertiary/aromatic N) is 4. The Labute approximate surface area is 210 Å². The maximum atomic E-state index is 14.4. The molecule has 2 aromatic carbocycles. The Morgan fingerprint density at radius 1 is 1.11 bits per heavy atom. The Bertz CT molecular complexity index is 1690. The summed E-state index contributed by atoms with van der Waals surface area (Å²) < 4.78 is 6.14. The molecule has 1 atom stereocenters. The van der Waals surface area contributed by atoms with Crippen molar-refractivity contribution in [2.75, 3.05) is 16.3 Å². The Balaban J connectivity index is 1.77. The zero-order valence-corrected chi connectivity index (χ0v) is 20.8. The van der Waals surface area contributed by atoms with Crippen molar-refractivity contribution in [3.63, 3.8) is 0 Å². The Hall–Kier alpha value is -4.11. The number of benzene rings is 2. The largest absolute Gasteiger partial charge is 0.450 e. The molecular weight excluding hydrogens is 476 g/mol. The van der Waals surface area contributed by atoms with Crippen LogP contribution >= 0.6 is 11.3 Å². The van der Waals surface area contributed by atoms with Crippen molar-refractivity contribution in [3.8, 4) is 0 Å². The van der Waals surface area contributed by atoms with Crippen molar-refractivity contribution < 1.29 is 14.0 Å². The van der Waals surface area contributed by atoms with Gasteiger partial charge in [0.15, 0.2) is 11.0 Å². The van der Waals surface area contributed by atoms with E-state index in [1.54, 1.807) is 41.3 Å². The normalized spacial score (nSPS) is 18.4. The predicted molar refractivity (Wildman–Crippen MR) is 138 cm³/mol. The summed E-state index contributed by atoms with van der Waals surface area (Å²) in [5.74, 6) is -1.17. The van der Waals surface area contributed by atoms with Gasteiger partial charge >= 0.3 is 0 Å². The van der Waals surface area contributed by atoms with E-state index < -0.39 is 22.8 Å². The van der Waals surface area contributed by atoms with Gasteiger partial charge in [-0.2, -0.15) is 0 Å². The molecule has 1 unspecified atom stereocenters. The van der Waals surface area contributed by atoms with Gasteiger partial charge in [0.25, 0.3) is 11.8 Å². The van der Waals surface area contributed by atoms with E-state index in [2.05, 4.69) is 16.8 Å². The summed E-state index contributed by atoms with van der Waals surface area (Å²) in [6.07, 6.45) is 2.23. The van der Waals surface area contributed by atoms with Crippen LogP contribution in [0.25, 0.3) is 11.0 Å². The number of anilines is 2. The lowest BCUT2D eigenvalue weighted by Gasteiger charge is -2.31. The molecule has 6 rings (SSSR count). The molecule has 4 heterocycles. The predicted octanol–water partition coefficient (Wildman–Crippen LogP) is 4.26. The van der Waals surface area contributed by atoms with Gasteiger partial charge in [0.2, 0.25) is 10.9 Å². The van der Waals surface area contributed by atoms with Gasteiger partial charge in [-0.05, 0) is 49.6 Å². The second kappa shape index (κ2) is 7.69. The molecule has 36 heavy (non-hydrogen) atoms. The molecule has 2 amide bonds. The number of hydrogen-bond acceptors (Lipinski definition) is 7. The van der Waals surface area contributed by atoms with Gasteiger partial charge < -0.3 is 9.32 Å². The molecule has 4 aromatic rings. The third kappa shape index (κ3) is 2.66. The summed E-state index contributed by atoms with van der Waals surface area (Å²) >= 11 is 1.22. The minimum absolute atomic E-state index is 0.0144. The molecule has 2 aliphatic heterocycles. The highest BCUT2D eigenvalue weighted by Crippen LogP contribution is 2.54. The van der Waals surface area contributed by atoms with Crippen LogP contribution in [0.2, 0.25) is 0 Å². The molecular formula is C27H22N4O4S. The van der Waals surface area contributed by atoms with E-state index in [4.69, 9.17) is 4.42 Å². The summed E-state index contributed by atoms with van der Waals surface area (Å²) in [7, 11) is 0. The summed E-state index contributed by atoms with van der Waals surface area (Å²) in [5, 5.41) is 9.73. The minimum atomic E-state index is -1.76. The highest BCUT2D eigenvalue weighted by atomic mass is 32.1. The number of carbonyl (C=O) groups is 2. The van der Waals surface area contributed by atoms with Crippen molar-refractivity contribution >= 4 is 44.9 Å². The van der Waals surface area contributed by atoms with E-state index in [0.717, 1.165) is 11.1 Å². The number of aryl methyl sites for hydroxylation is 3. The van der Waals surface area contributed by atoms with Crippen LogP contribution in [0, 0.1) is 13.8 Å². The number of rotatable bonds is 4. The number of hydrogen-bond donors (Lipinski definition) is 0. The number of aromatic nitrogens is 2. The van der Waals surface area contributed by atoms with Crippen LogP contribution in [0.1, 0.15) is 44.7 Å². The van der Waals surface area contributed by atoms with Crippen molar-refractivity contribution in [1.29, 1.82) is 0 Å². The molecule has 9 heteroatoms. The first kappa shape index (κ1) is 22.4. The summed E-state index contributed by atoms with van der Waals surface area (Å²) in [6, 6.07) is 10.7. The van der Waals surface area contributed by atoms with E-state index >= 15 is 0 Å². The van der Waals surface area contributed by atoms with E-state index in [1.165, 1.54) is 16.2 Å². The number of para-hydroxylation sites is 1. The second-order valence-electron chi connectivity index (χ2n) is 8.97. The zero-order valence-electron chi connectivity index (χ0n) is 20.0. The molecule has 0 aliphatic carbocycles. The van der Waals surface area contributed by atoms with E-state index in [9.17, 15) is 14.4 Å². The fourth-order valence-electron chi connectivity index (χ4n) is 5.21. The smallest absolute Gasteiger partial charge is 0.297 e. The van der Waals surface area contributed by atoms with Crippen LogP contribution in [-0.2, 0) is 16.8 Å². The third-order valence-corrected chi connectivity index (χ3v) is 8.05. The van der Waals surface area contributed by atoms with Gasteiger partial charge in [0.05, 0.1) is 16.6 Å². The van der Waals surface area contributed by atoms with Crippen LogP contribution in [0.15, 0.2) is 58.3 Å². The van der Waals surface area contributed by atoms with Crippen LogP contribution in [0.5, 0.6) is 0 Å². The average Bonchev–Trinajstić information content (AvgIpc) is 3.51. The summed E-state index contributed by atoms with van der Waals surface area (Å²) in [5.41, 5.74) is 1.12. The number of fused-ring (bicyclic) bond motifs is 5. The van der Waals surface area contributed by atoms with Crippen molar-refractivity contribution in [1.82, 2.24) is 10.2 Å². The molecule has 0 N–H and O–H groups in total. The van der Waals surface area contributed by atoms with E-state index in [-0.39, 0.29) is 23.0 Å². The first-order valence-corrected chi connectivity index (χ1v) is 12.4. The first-order chi connectivity index (χ1) is 17.3. The lowest BCUT2D eigenvalue weighted by atomic mass is 9.84. The van der Waals surface area contributed by atoms with Gasteiger partial charge in [-0.3, -0.25) is 19.3 Å². The molecule has 0 saturated heterocycles. The summed E-state index contributed by atoms with van der Waals surface area (Å²) in [6.45, 7) is 9.76. The van der Waals surface area contributed by atoms with Gasteiger partial charge in [-0.1, -0.05) is 42.5 Å². The Morgan fingerprint density at radius 2 is 1.86 bits per heavy atom. The highest BCUT2D eigenvalue weighted by molar-refractivity contribution is 7.15. The van der Waals surface area contributed by atoms with Crippen molar-refractivity contribution in [3.05, 3.63) is 92.3 Å². The van der Waals surface area contributed by atoms with Gasteiger partial charge in [-0.15, -0.1) is 16.8 Å². The molecule has 1 spiro atoms. The quantitative estimate of drug-likeness (QED) is 0.390. The summed E-state index contributed by atoms with van der Waals surface area (Å²) in [4.78, 5) is 45.5. The Morgan fingerprint density at radius 3 is 2.58 bits per heavy atom. The fourth-order valence-corrected chi connectivity index (χ4v) is 6.04. The number of amides is 2. The van der Waals surface area contributed by atoms with Crippen LogP contribution < -0.4 is 15.2 Å². The minimum Gasteiger partial charge on any atom is -0.450 e. The van der Waals surface area contributed by atoms with Gasteiger partial charge in [-0.25, -0.2) is 0 Å². The van der Waals surface area contributed by atoms with Crippen LogP contribution in [0.4, 0.5) is 10.8 Å². The third-order valence-electron chi connectivity index (χ3n) is 7.00. The van der Waals surface area contributed by atoms with Gasteiger partial charge in [0, 0.05) is 12.1 Å². The van der Waals surface area contributed by atoms with Crippen molar-refractivity contribution in [2.24, 2.45) is 0 Å². The fraction of sp³-hybridized carbons (Fsp3) is 0.222. The Kier molecular flexibility index (Phi) is 4.78. The molecule has 2 aromatic heterocycles. The molecule has 0 saturated carbocycles. The lowest BCUT2D eigenvalue weighted by molar-refractivity contribution is -0.121. The molecule has 0 fully saturated rings. The SMILES string of the molecule is C=CCN1C(=O)C2(c3ccccc31)c1c(oc3cc(C)c(C)cc3c1=O)C(=O)N2c1nnc(CC)s1. The average molecular weight is 499 g/mol. The van der Waals surface area contributed by atoms with Gasteiger partial charge in [0.1, 0.15) is 10.6 Å². The first-order valence-electron chi connectivity index (χ1n) is 11.6. The standard InChI is InChI=1S/C27H22N4O4S/c1-5-11-30-18-10-8-7-9-17(18)27(25(30)34)21-22(32)16-12-14(3)15(4)13-19(16)35-23(21)24(33)31(27)26-29-28-20(6-2)36-26/h5,7-10,12-13H,1,6,11H2,2-4H3. The number of carbonyl (C=O) groups excluding carboxylic acids is 2. The maximum Gasteiger partial charge on any atom is 0.297 e. The van der Waals surface area contributed by atoms with Crippen molar-refractivity contribution in [2.45, 2.75) is 32.7 Å². The topological polar surface area (TPSA) is 96.6 Å². The monoisotopic (exact) mass is 498 g/mol. The molecule has 2 aliphatic rings. The van der Waals surface area contributed by atoms with E-state index in [0.29, 0.717) is 33.6 Å². The van der Waals surface area contributed by atoms with Crippen LogP contribution in [-0.4, -0.2) is 28.6 Å². The molecule has 0 radical (unpaired) electrons. The molecule has 0 bridgehead atoms. The van der Waals surface area contributed by atoms with Crippen LogP contribution in [0.3, 0.4) is 0 Å². The van der Waals surface area contributed by atoms with E-state index in [1.807, 2.05) is 26.8 Å². The highest BCUT2D eigenvalue weighted by Gasteiger charge is 2.66. The maximum absolute atomic E-state index is 14.4. The molecule has 180 valence electrons. The zero-order chi connectivity index (χ0) is 25.4. The lowest BCUT2D eigenvalue weighted by Crippen LogP contribution is -2.53.